The van der Waals surface area contributed by atoms with Crippen molar-refractivity contribution in [1.82, 2.24) is 9.47 Å². The van der Waals surface area contributed by atoms with E-state index in [4.69, 9.17) is 9.47 Å². The van der Waals surface area contributed by atoms with Crippen LogP contribution in [0.4, 0.5) is 4.39 Å². The number of piperidine rings is 1. The van der Waals surface area contributed by atoms with Crippen molar-refractivity contribution in [2.45, 2.75) is 38.6 Å². The summed E-state index contributed by atoms with van der Waals surface area (Å²) in [7, 11) is 3.28. The zero-order valence-electron chi connectivity index (χ0n) is 22.3. The molecule has 5 nitrogen and oxygen atoms in total. The molecule has 1 aromatic heterocycles. The van der Waals surface area contributed by atoms with Gasteiger partial charge in [-0.05, 0) is 65.8 Å². The number of ether oxygens (including phenoxy) is 2. The summed E-state index contributed by atoms with van der Waals surface area (Å²) in [6, 6.07) is 20.7. The molecule has 1 fully saturated rings. The fourth-order valence-corrected chi connectivity index (χ4v) is 5.47. The van der Waals surface area contributed by atoms with E-state index in [1.54, 1.807) is 14.2 Å². The lowest BCUT2D eigenvalue weighted by Gasteiger charge is -2.31. The van der Waals surface area contributed by atoms with Crippen molar-refractivity contribution in [3.63, 3.8) is 0 Å². The molecular weight excluding hydrogens is 479 g/mol. The number of benzene rings is 3. The lowest BCUT2D eigenvalue weighted by atomic mass is 9.87. The van der Waals surface area contributed by atoms with Crippen LogP contribution < -0.4 is 9.47 Å². The van der Waals surface area contributed by atoms with Crippen molar-refractivity contribution in [3.8, 4) is 11.5 Å². The largest absolute Gasteiger partial charge is 0.497 e. The Morgan fingerprint density at radius 2 is 1.63 bits per heavy atom. The molecule has 198 valence electrons. The van der Waals surface area contributed by atoms with E-state index in [2.05, 4.69) is 29.8 Å². The summed E-state index contributed by atoms with van der Waals surface area (Å²) in [5.74, 6) is 1.77. The second-order valence-corrected chi connectivity index (χ2v) is 10.3. The van der Waals surface area contributed by atoms with E-state index >= 15 is 0 Å². The molecule has 0 aliphatic carbocycles. The molecule has 5 rings (SSSR count). The van der Waals surface area contributed by atoms with Crippen molar-refractivity contribution >= 4 is 16.8 Å². The van der Waals surface area contributed by atoms with Gasteiger partial charge in [0.2, 0.25) is 5.91 Å². The predicted octanol–water partition coefficient (Wildman–Crippen LogP) is 6.63. The van der Waals surface area contributed by atoms with Crippen LogP contribution in [0.1, 0.15) is 48.8 Å². The van der Waals surface area contributed by atoms with Crippen LogP contribution in [-0.2, 0) is 11.3 Å². The maximum atomic E-state index is 13.7. The molecule has 1 aliphatic heterocycles. The van der Waals surface area contributed by atoms with Crippen LogP contribution in [-0.4, -0.2) is 42.7 Å². The predicted molar refractivity (Wildman–Crippen MR) is 148 cm³/mol. The lowest BCUT2D eigenvalue weighted by molar-refractivity contribution is -0.132. The number of methoxy groups -OCH3 is 2. The van der Waals surface area contributed by atoms with Crippen molar-refractivity contribution in [2.24, 2.45) is 5.92 Å². The summed E-state index contributed by atoms with van der Waals surface area (Å²) in [5.41, 5.74) is 4.14. The Hall–Kier alpha value is -3.80. The summed E-state index contributed by atoms with van der Waals surface area (Å²) in [6.07, 6.45) is 4.59. The normalized spacial score (nSPS) is 15.0. The molecule has 0 radical (unpaired) electrons. The number of hydrogen-bond acceptors (Lipinski definition) is 3. The standard InChI is InChI=1S/C32H35FN2O3/c1-22-12-14-34(15-13-22)32(36)19-29(24-16-26(37-2)18-27(17-24)38-3)30-21-35(31-7-5-4-6-28(30)31)20-23-8-10-25(33)11-9-23/h4-11,16-18,21-22,29H,12-15,19-20H2,1-3H3. The van der Waals surface area contributed by atoms with Crippen LogP contribution in [0.5, 0.6) is 11.5 Å². The van der Waals surface area contributed by atoms with Gasteiger partial charge in [-0.3, -0.25) is 4.79 Å². The van der Waals surface area contributed by atoms with Crippen LogP contribution >= 0.6 is 0 Å². The number of carbonyl (C=O) groups excluding carboxylic acids is 1. The summed E-state index contributed by atoms with van der Waals surface area (Å²) in [5, 5.41) is 1.10. The zero-order chi connectivity index (χ0) is 26.6. The van der Waals surface area contributed by atoms with Gasteiger partial charge < -0.3 is 18.9 Å². The first-order valence-electron chi connectivity index (χ1n) is 13.3. The molecule has 1 atom stereocenters. The minimum Gasteiger partial charge on any atom is -0.497 e. The highest BCUT2D eigenvalue weighted by Gasteiger charge is 2.28. The van der Waals surface area contributed by atoms with Gasteiger partial charge in [-0.2, -0.15) is 0 Å². The monoisotopic (exact) mass is 514 g/mol. The molecule has 38 heavy (non-hydrogen) atoms. The molecule has 0 N–H and O–H groups in total. The minimum absolute atomic E-state index is 0.166. The fraction of sp³-hybridized carbons (Fsp3) is 0.344. The first-order valence-corrected chi connectivity index (χ1v) is 13.3. The number of amides is 1. The highest BCUT2D eigenvalue weighted by molar-refractivity contribution is 5.87. The lowest BCUT2D eigenvalue weighted by Crippen LogP contribution is -2.38. The van der Waals surface area contributed by atoms with Gasteiger partial charge in [0.1, 0.15) is 17.3 Å². The molecule has 1 amide bonds. The third-order valence-electron chi connectivity index (χ3n) is 7.75. The Morgan fingerprint density at radius 1 is 0.974 bits per heavy atom. The van der Waals surface area contributed by atoms with E-state index in [9.17, 15) is 9.18 Å². The van der Waals surface area contributed by atoms with E-state index < -0.39 is 0 Å². The summed E-state index contributed by atoms with van der Waals surface area (Å²) in [4.78, 5) is 15.7. The first kappa shape index (κ1) is 25.8. The smallest absolute Gasteiger partial charge is 0.223 e. The Kier molecular flexibility index (Phi) is 7.68. The quantitative estimate of drug-likeness (QED) is 0.265. The number of halogens is 1. The van der Waals surface area contributed by atoms with Gasteiger partial charge >= 0.3 is 0 Å². The van der Waals surface area contributed by atoms with Gasteiger partial charge in [0.25, 0.3) is 0 Å². The SMILES string of the molecule is COc1cc(OC)cc(C(CC(=O)N2CCC(C)CC2)c2cn(Cc3ccc(F)cc3)c3ccccc23)c1. The number of carbonyl (C=O) groups is 1. The molecule has 3 aromatic carbocycles. The topological polar surface area (TPSA) is 43.7 Å². The number of aromatic nitrogens is 1. The molecule has 6 heteroatoms. The first-order chi connectivity index (χ1) is 18.4. The molecule has 1 saturated heterocycles. The third-order valence-corrected chi connectivity index (χ3v) is 7.75. The zero-order valence-corrected chi connectivity index (χ0v) is 22.3. The molecule has 4 aromatic rings. The highest BCUT2D eigenvalue weighted by atomic mass is 19.1. The van der Waals surface area contributed by atoms with Gasteiger partial charge in [0.15, 0.2) is 0 Å². The van der Waals surface area contributed by atoms with Gasteiger partial charge in [-0.1, -0.05) is 37.3 Å². The molecule has 0 saturated carbocycles. The number of rotatable bonds is 8. The van der Waals surface area contributed by atoms with Crippen LogP contribution in [0, 0.1) is 11.7 Å². The van der Waals surface area contributed by atoms with Crippen LogP contribution in [0.25, 0.3) is 10.9 Å². The maximum absolute atomic E-state index is 13.7. The second-order valence-electron chi connectivity index (χ2n) is 10.3. The number of para-hydroxylation sites is 1. The van der Waals surface area contributed by atoms with Crippen molar-refractivity contribution < 1.29 is 18.7 Å². The Balaban J connectivity index is 1.58. The summed E-state index contributed by atoms with van der Waals surface area (Å²) >= 11 is 0. The van der Waals surface area contributed by atoms with E-state index in [1.165, 1.54) is 12.1 Å². The van der Waals surface area contributed by atoms with Crippen molar-refractivity contribution in [3.05, 3.63) is 95.4 Å². The molecule has 0 spiro atoms. The number of fused-ring (bicyclic) bond motifs is 1. The average molecular weight is 515 g/mol. The van der Waals surface area contributed by atoms with Crippen LogP contribution in [0.15, 0.2) is 72.9 Å². The van der Waals surface area contributed by atoms with E-state index in [0.717, 1.165) is 53.5 Å². The Labute approximate surface area is 223 Å². The van der Waals surface area contributed by atoms with Crippen molar-refractivity contribution in [2.75, 3.05) is 27.3 Å². The number of likely N-dealkylation sites (tertiary alicyclic amines) is 1. The molecule has 1 aliphatic rings. The minimum atomic E-state index is -0.246. The third kappa shape index (κ3) is 5.54. The second kappa shape index (κ2) is 11.3. The molecule has 2 heterocycles. The average Bonchev–Trinajstić information content (AvgIpc) is 3.30. The van der Waals surface area contributed by atoms with E-state index in [-0.39, 0.29) is 17.6 Å². The van der Waals surface area contributed by atoms with Crippen LogP contribution in [0.2, 0.25) is 0 Å². The molecule has 1 unspecified atom stereocenters. The summed E-state index contributed by atoms with van der Waals surface area (Å²) in [6.45, 7) is 4.47. The highest BCUT2D eigenvalue weighted by Crippen LogP contribution is 2.38. The van der Waals surface area contributed by atoms with Crippen molar-refractivity contribution in [1.29, 1.82) is 0 Å². The Bertz CT molecular complexity index is 1380. The molecular formula is C32H35FN2O3. The van der Waals surface area contributed by atoms with Gasteiger partial charge in [0.05, 0.1) is 14.2 Å². The van der Waals surface area contributed by atoms with E-state index in [0.29, 0.717) is 30.4 Å². The molecule has 0 bridgehead atoms. The fourth-order valence-electron chi connectivity index (χ4n) is 5.47. The van der Waals surface area contributed by atoms with Crippen LogP contribution in [0.3, 0.4) is 0 Å². The van der Waals surface area contributed by atoms with Gasteiger partial charge in [-0.15, -0.1) is 0 Å². The number of hydrogen-bond donors (Lipinski definition) is 0. The summed E-state index contributed by atoms with van der Waals surface area (Å²) < 4.78 is 26.9. The van der Waals surface area contributed by atoms with Gasteiger partial charge in [0, 0.05) is 55.1 Å². The van der Waals surface area contributed by atoms with E-state index in [1.807, 2.05) is 47.4 Å². The Morgan fingerprint density at radius 3 is 2.29 bits per heavy atom. The maximum Gasteiger partial charge on any atom is 0.223 e. The van der Waals surface area contributed by atoms with Gasteiger partial charge in [-0.25, -0.2) is 4.39 Å². The number of nitrogens with zero attached hydrogens (tertiary/aromatic N) is 2.